The molecule has 0 aliphatic carbocycles. The Kier molecular flexibility index (Phi) is 5.46. The molecular weight excluding hydrogens is 338 g/mol. The van der Waals surface area contributed by atoms with E-state index in [1.165, 1.54) is 17.3 Å². The van der Waals surface area contributed by atoms with E-state index in [2.05, 4.69) is 29.0 Å². The van der Waals surface area contributed by atoms with Crippen molar-refractivity contribution in [3.63, 3.8) is 0 Å². The Morgan fingerprint density at radius 3 is 2.41 bits per heavy atom. The maximum atomic E-state index is 12.7. The number of piperidine rings is 2. The zero-order valence-corrected chi connectivity index (χ0v) is 16.0. The lowest BCUT2D eigenvalue weighted by atomic mass is 9.94. The van der Waals surface area contributed by atoms with E-state index in [0.29, 0.717) is 18.9 Å². The monoisotopic (exact) mass is 367 g/mol. The molecule has 0 saturated carbocycles. The largest absolute Gasteiger partial charge is 0.347 e. The topological polar surface area (TPSA) is 45.6 Å². The Hall–Kier alpha value is -2.30. The molecule has 5 nitrogen and oxygen atoms in total. The van der Waals surface area contributed by atoms with Gasteiger partial charge in [0.25, 0.3) is 0 Å². The van der Waals surface area contributed by atoms with Crippen molar-refractivity contribution in [3.05, 3.63) is 36.5 Å². The number of para-hydroxylation sites is 1. The van der Waals surface area contributed by atoms with Gasteiger partial charge in [-0.1, -0.05) is 18.2 Å². The molecule has 2 fully saturated rings. The maximum absolute atomic E-state index is 12.7. The number of hydrogen-bond donors (Lipinski definition) is 0. The average Bonchev–Trinajstić information content (AvgIpc) is 3.15. The van der Waals surface area contributed by atoms with Gasteiger partial charge in [0.1, 0.15) is 0 Å². The molecule has 4 rings (SSSR count). The molecule has 0 bridgehead atoms. The van der Waals surface area contributed by atoms with E-state index in [4.69, 9.17) is 0 Å². The summed E-state index contributed by atoms with van der Waals surface area (Å²) in [6.07, 6.45) is 7.72. The highest BCUT2D eigenvalue weighted by atomic mass is 16.2. The highest BCUT2D eigenvalue weighted by molar-refractivity contribution is 5.81. The average molecular weight is 367 g/mol. The lowest BCUT2D eigenvalue weighted by Gasteiger charge is -2.35. The van der Waals surface area contributed by atoms with Gasteiger partial charge < -0.3 is 14.4 Å². The fourth-order valence-corrected chi connectivity index (χ4v) is 4.46. The van der Waals surface area contributed by atoms with Gasteiger partial charge in [-0.25, -0.2) is 0 Å². The Morgan fingerprint density at radius 2 is 1.63 bits per heavy atom. The van der Waals surface area contributed by atoms with Gasteiger partial charge in [-0.2, -0.15) is 0 Å². The number of carbonyl (C=O) groups is 2. The number of nitrogens with zero attached hydrogens (tertiary/aromatic N) is 3. The molecule has 0 radical (unpaired) electrons. The summed E-state index contributed by atoms with van der Waals surface area (Å²) in [5.41, 5.74) is 1.18. The van der Waals surface area contributed by atoms with E-state index in [-0.39, 0.29) is 11.8 Å². The molecular formula is C22H29N3O2. The van der Waals surface area contributed by atoms with Crippen LogP contribution >= 0.6 is 0 Å². The molecule has 2 aliphatic rings. The lowest BCUT2D eigenvalue weighted by molar-refractivity contribution is -0.141. The van der Waals surface area contributed by atoms with Crippen molar-refractivity contribution in [2.24, 2.45) is 5.92 Å². The quantitative estimate of drug-likeness (QED) is 0.832. The van der Waals surface area contributed by atoms with Crippen LogP contribution in [0.5, 0.6) is 0 Å². The molecule has 2 aromatic rings. The van der Waals surface area contributed by atoms with E-state index in [9.17, 15) is 9.59 Å². The van der Waals surface area contributed by atoms with Crippen LogP contribution in [0.1, 0.15) is 38.5 Å². The molecule has 5 heteroatoms. The summed E-state index contributed by atoms with van der Waals surface area (Å²) in [6, 6.07) is 10.4. The van der Waals surface area contributed by atoms with Gasteiger partial charge in [0.2, 0.25) is 11.8 Å². The molecule has 144 valence electrons. The number of benzene rings is 1. The predicted molar refractivity (Wildman–Crippen MR) is 106 cm³/mol. The summed E-state index contributed by atoms with van der Waals surface area (Å²) in [5, 5.41) is 1.21. The number of aromatic nitrogens is 1. The van der Waals surface area contributed by atoms with Gasteiger partial charge in [0.05, 0.1) is 0 Å². The van der Waals surface area contributed by atoms with Gasteiger partial charge in [-0.05, 0) is 49.6 Å². The minimum atomic E-state index is 0.112. The van der Waals surface area contributed by atoms with Crippen molar-refractivity contribution >= 4 is 22.7 Å². The lowest BCUT2D eigenvalue weighted by Crippen LogP contribution is -2.45. The first-order valence-electron chi connectivity index (χ1n) is 10.3. The molecule has 2 aliphatic heterocycles. The van der Waals surface area contributed by atoms with Gasteiger partial charge in [-0.3, -0.25) is 9.59 Å². The Labute approximate surface area is 160 Å². The number of aryl methyl sites for hydroxylation is 1. The second-order valence-corrected chi connectivity index (χ2v) is 7.86. The molecule has 3 heterocycles. The van der Waals surface area contributed by atoms with Crippen molar-refractivity contribution in [2.75, 3.05) is 26.2 Å². The minimum Gasteiger partial charge on any atom is -0.347 e. The highest BCUT2D eigenvalue weighted by Crippen LogP contribution is 2.23. The first-order chi connectivity index (χ1) is 13.2. The second kappa shape index (κ2) is 8.15. The van der Waals surface area contributed by atoms with Crippen LogP contribution in [0.15, 0.2) is 36.5 Å². The first-order valence-corrected chi connectivity index (χ1v) is 10.3. The standard InChI is InChI=1S/C22H29N3O2/c26-21(11-17-23-14-8-18-6-2-3-7-20(18)23)24-15-9-19(10-16-24)22(27)25-12-4-1-5-13-25/h2-3,6-8,14,19H,1,4-5,9-13,15-17H2. The van der Waals surface area contributed by atoms with Crippen LogP contribution in [0.25, 0.3) is 10.9 Å². The second-order valence-electron chi connectivity index (χ2n) is 7.86. The minimum absolute atomic E-state index is 0.112. The molecule has 0 unspecified atom stereocenters. The molecule has 2 saturated heterocycles. The molecule has 1 aromatic heterocycles. The SMILES string of the molecule is O=C(CCn1ccc2ccccc21)N1CCC(C(=O)N2CCCCC2)CC1. The van der Waals surface area contributed by atoms with Crippen LogP contribution in [-0.4, -0.2) is 52.4 Å². The summed E-state index contributed by atoms with van der Waals surface area (Å²) >= 11 is 0. The van der Waals surface area contributed by atoms with E-state index in [0.717, 1.165) is 51.9 Å². The van der Waals surface area contributed by atoms with E-state index in [1.807, 2.05) is 21.9 Å². The van der Waals surface area contributed by atoms with Crippen molar-refractivity contribution < 1.29 is 9.59 Å². The van der Waals surface area contributed by atoms with E-state index in [1.54, 1.807) is 0 Å². The van der Waals surface area contributed by atoms with Crippen LogP contribution in [0.4, 0.5) is 0 Å². The number of fused-ring (bicyclic) bond motifs is 1. The third kappa shape index (κ3) is 4.02. The van der Waals surface area contributed by atoms with Gasteiger partial charge in [-0.15, -0.1) is 0 Å². The zero-order valence-electron chi connectivity index (χ0n) is 16.0. The number of amides is 2. The molecule has 0 spiro atoms. The van der Waals surface area contributed by atoms with Crippen molar-refractivity contribution in [1.29, 1.82) is 0 Å². The van der Waals surface area contributed by atoms with Crippen molar-refractivity contribution in [3.8, 4) is 0 Å². The number of hydrogen-bond acceptors (Lipinski definition) is 2. The molecule has 0 atom stereocenters. The number of carbonyl (C=O) groups excluding carboxylic acids is 2. The van der Waals surface area contributed by atoms with Crippen LogP contribution in [0.3, 0.4) is 0 Å². The third-order valence-electron chi connectivity index (χ3n) is 6.11. The maximum Gasteiger partial charge on any atom is 0.225 e. The summed E-state index contributed by atoms with van der Waals surface area (Å²) in [5.74, 6) is 0.637. The molecule has 0 N–H and O–H groups in total. The van der Waals surface area contributed by atoms with E-state index >= 15 is 0 Å². The Morgan fingerprint density at radius 1 is 0.889 bits per heavy atom. The van der Waals surface area contributed by atoms with Gasteiger partial charge in [0, 0.05) is 56.8 Å². The summed E-state index contributed by atoms with van der Waals surface area (Å²) in [6.45, 7) is 3.98. The van der Waals surface area contributed by atoms with Crippen LogP contribution in [0, 0.1) is 5.92 Å². The first kappa shape index (κ1) is 18.1. The highest BCUT2D eigenvalue weighted by Gasteiger charge is 2.30. The molecule has 27 heavy (non-hydrogen) atoms. The van der Waals surface area contributed by atoms with Gasteiger partial charge in [0.15, 0.2) is 0 Å². The Balaban J connectivity index is 1.26. The van der Waals surface area contributed by atoms with Crippen molar-refractivity contribution in [1.82, 2.24) is 14.4 Å². The Bertz CT molecular complexity index is 799. The predicted octanol–water partition coefficient (Wildman–Crippen LogP) is 3.28. The summed E-state index contributed by atoms with van der Waals surface area (Å²) < 4.78 is 2.15. The fraction of sp³-hybridized carbons (Fsp3) is 0.545. The normalized spacial score (nSPS) is 18.8. The number of likely N-dealkylation sites (tertiary alicyclic amines) is 2. The van der Waals surface area contributed by atoms with Crippen LogP contribution in [-0.2, 0) is 16.1 Å². The van der Waals surface area contributed by atoms with Crippen LogP contribution < -0.4 is 0 Å². The fourth-order valence-electron chi connectivity index (χ4n) is 4.46. The van der Waals surface area contributed by atoms with Gasteiger partial charge >= 0.3 is 0 Å². The zero-order chi connectivity index (χ0) is 18.6. The van der Waals surface area contributed by atoms with E-state index < -0.39 is 0 Å². The third-order valence-corrected chi connectivity index (χ3v) is 6.11. The summed E-state index contributed by atoms with van der Waals surface area (Å²) in [4.78, 5) is 29.3. The van der Waals surface area contributed by atoms with Crippen LogP contribution in [0.2, 0.25) is 0 Å². The van der Waals surface area contributed by atoms with Crippen molar-refractivity contribution in [2.45, 2.75) is 45.1 Å². The molecule has 1 aromatic carbocycles. The summed E-state index contributed by atoms with van der Waals surface area (Å²) in [7, 11) is 0. The molecule has 2 amide bonds. The number of rotatable bonds is 4. The smallest absolute Gasteiger partial charge is 0.225 e.